The fourth-order valence-corrected chi connectivity index (χ4v) is 1.26. The quantitative estimate of drug-likeness (QED) is 0.802. The Morgan fingerprint density at radius 2 is 2.20 bits per heavy atom. The molecule has 0 atom stereocenters. The summed E-state index contributed by atoms with van der Waals surface area (Å²) >= 11 is 0. The highest BCUT2D eigenvalue weighted by Crippen LogP contribution is 2.18. The zero-order valence-electron chi connectivity index (χ0n) is 9.87. The number of hydrogen-bond acceptors (Lipinski definition) is 4. The second kappa shape index (κ2) is 5.66. The largest absolute Gasteiger partial charge is 0.478 e. The lowest BCUT2D eigenvalue weighted by molar-refractivity contribution is 0.319. The first-order valence-electron chi connectivity index (χ1n) is 5.32. The van der Waals surface area contributed by atoms with E-state index >= 15 is 0 Å². The van der Waals surface area contributed by atoms with Gasteiger partial charge in [0.05, 0.1) is 6.61 Å². The van der Waals surface area contributed by atoms with Gasteiger partial charge in [-0.3, -0.25) is 0 Å². The van der Waals surface area contributed by atoms with Crippen LogP contribution in [0.3, 0.4) is 0 Å². The average molecular weight is 209 g/mol. The molecular weight excluding hydrogens is 190 g/mol. The van der Waals surface area contributed by atoms with Crippen LogP contribution in [-0.2, 0) is 6.54 Å². The van der Waals surface area contributed by atoms with Crippen molar-refractivity contribution < 1.29 is 4.74 Å². The van der Waals surface area contributed by atoms with E-state index in [2.05, 4.69) is 29.1 Å². The van der Waals surface area contributed by atoms with Gasteiger partial charge < -0.3 is 10.1 Å². The maximum atomic E-state index is 5.49. The van der Waals surface area contributed by atoms with Gasteiger partial charge in [-0.15, -0.1) is 0 Å². The van der Waals surface area contributed by atoms with Gasteiger partial charge >= 0.3 is 0 Å². The van der Waals surface area contributed by atoms with Crippen molar-refractivity contribution in [1.29, 1.82) is 0 Å². The molecule has 0 radical (unpaired) electrons. The molecule has 1 N–H and O–H groups in total. The smallest absolute Gasteiger partial charge is 0.221 e. The van der Waals surface area contributed by atoms with Crippen LogP contribution in [-0.4, -0.2) is 23.6 Å². The van der Waals surface area contributed by atoms with E-state index in [1.54, 1.807) is 0 Å². The van der Waals surface area contributed by atoms with E-state index in [4.69, 9.17) is 4.74 Å². The summed E-state index contributed by atoms with van der Waals surface area (Å²) in [6.07, 6.45) is 1.84. The Morgan fingerprint density at radius 3 is 2.73 bits per heavy atom. The normalized spacial score (nSPS) is 10.7. The number of ether oxygens (including phenoxy) is 1. The van der Waals surface area contributed by atoms with E-state index in [0.717, 1.165) is 17.9 Å². The zero-order chi connectivity index (χ0) is 11.3. The first-order valence-corrected chi connectivity index (χ1v) is 5.32. The third kappa shape index (κ3) is 3.16. The first-order chi connectivity index (χ1) is 7.19. The number of hydrogen-bond donors (Lipinski definition) is 1. The lowest BCUT2D eigenvalue weighted by Gasteiger charge is -2.11. The van der Waals surface area contributed by atoms with Crippen molar-refractivity contribution >= 4 is 0 Å². The summed E-state index contributed by atoms with van der Waals surface area (Å²) < 4.78 is 5.49. The molecule has 1 heterocycles. The molecule has 1 aromatic heterocycles. The Kier molecular flexibility index (Phi) is 4.49. The molecule has 1 rings (SSSR count). The highest BCUT2D eigenvalue weighted by molar-refractivity contribution is 5.24. The summed E-state index contributed by atoms with van der Waals surface area (Å²) in [5.41, 5.74) is 1.00. The fraction of sp³-hybridized carbons (Fsp3) is 0.636. The molecule has 0 aliphatic rings. The molecule has 0 unspecified atom stereocenters. The first kappa shape index (κ1) is 11.9. The third-order valence-corrected chi connectivity index (χ3v) is 2.01. The maximum Gasteiger partial charge on any atom is 0.221 e. The predicted molar refractivity (Wildman–Crippen MR) is 60.1 cm³/mol. The summed E-state index contributed by atoms with van der Waals surface area (Å²) in [6, 6.07) is 0. The number of nitrogens with zero attached hydrogens (tertiary/aromatic N) is 2. The van der Waals surface area contributed by atoms with Gasteiger partial charge in [0.25, 0.3) is 0 Å². The minimum Gasteiger partial charge on any atom is -0.478 e. The van der Waals surface area contributed by atoms with E-state index in [-0.39, 0.29) is 0 Å². The zero-order valence-corrected chi connectivity index (χ0v) is 9.87. The van der Waals surface area contributed by atoms with Crippen molar-refractivity contribution in [2.75, 3.05) is 13.7 Å². The lowest BCUT2D eigenvalue weighted by atomic mass is 10.2. The number of rotatable bonds is 5. The molecule has 4 heteroatoms. The van der Waals surface area contributed by atoms with Crippen molar-refractivity contribution in [1.82, 2.24) is 15.3 Å². The summed E-state index contributed by atoms with van der Waals surface area (Å²) in [5.74, 6) is 1.86. The van der Waals surface area contributed by atoms with E-state index < -0.39 is 0 Å². The van der Waals surface area contributed by atoms with Crippen molar-refractivity contribution in [3.63, 3.8) is 0 Å². The molecule has 0 aliphatic carbocycles. The van der Waals surface area contributed by atoms with E-state index in [0.29, 0.717) is 18.4 Å². The fourth-order valence-electron chi connectivity index (χ4n) is 1.26. The molecule has 0 saturated carbocycles. The van der Waals surface area contributed by atoms with Gasteiger partial charge in [0, 0.05) is 24.2 Å². The Hall–Kier alpha value is -1.16. The van der Waals surface area contributed by atoms with Gasteiger partial charge in [-0.1, -0.05) is 13.8 Å². The summed E-state index contributed by atoms with van der Waals surface area (Å²) in [7, 11) is 1.89. The Balaban J connectivity index is 2.97. The molecule has 0 amide bonds. The van der Waals surface area contributed by atoms with Gasteiger partial charge in [-0.05, 0) is 14.0 Å². The molecule has 4 nitrogen and oxygen atoms in total. The van der Waals surface area contributed by atoms with Crippen LogP contribution >= 0.6 is 0 Å². The Bertz CT molecular complexity index is 313. The minimum absolute atomic E-state index is 0.327. The van der Waals surface area contributed by atoms with Crippen molar-refractivity contribution in [2.45, 2.75) is 33.2 Å². The molecule has 0 aromatic carbocycles. The van der Waals surface area contributed by atoms with Crippen LogP contribution < -0.4 is 10.1 Å². The van der Waals surface area contributed by atoms with Crippen molar-refractivity contribution in [3.05, 3.63) is 17.6 Å². The van der Waals surface area contributed by atoms with Gasteiger partial charge in [0.1, 0.15) is 5.82 Å². The highest BCUT2D eigenvalue weighted by Gasteiger charge is 2.09. The molecule has 84 valence electrons. The lowest BCUT2D eigenvalue weighted by Crippen LogP contribution is -2.11. The van der Waals surface area contributed by atoms with Crippen LogP contribution in [0.5, 0.6) is 5.88 Å². The Labute approximate surface area is 91.1 Å². The van der Waals surface area contributed by atoms with E-state index in [1.165, 1.54) is 0 Å². The molecule has 0 aliphatic heterocycles. The summed E-state index contributed by atoms with van der Waals surface area (Å²) in [4.78, 5) is 8.72. The van der Waals surface area contributed by atoms with Gasteiger partial charge in [0.2, 0.25) is 5.88 Å². The van der Waals surface area contributed by atoms with Gasteiger partial charge in [-0.25, -0.2) is 4.98 Å². The van der Waals surface area contributed by atoms with Gasteiger partial charge in [-0.2, -0.15) is 4.98 Å². The maximum absolute atomic E-state index is 5.49. The Morgan fingerprint density at radius 1 is 1.47 bits per heavy atom. The summed E-state index contributed by atoms with van der Waals surface area (Å²) in [6.45, 7) is 7.46. The molecular formula is C11H19N3O. The molecule has 0 bridgehead atoms. The van der Waals surface area contributed by atoms with E-state index in [9.17, 15) is 0 Å². The summed E-state index contributed by atoms with van der Waals surface area (Å²) in [5, 5.41) is 3.07. The minimum atomic E-state index is 0.327. The van der Waals surface area contributed by atoms with Crippen LogP contribution in [0.1, 0.15) is 38.1 Å². The second-order valence-corrected chi connectivity index (χ2v) is 3.68. The van der Waals surface area contributed by atoms with Crippen molar-refractivity contribution in [2.24, 2.45) is 0 Å². The highest BCUT2D eigenvalue weighted by atomic mass is 16.5. The second-order valence-electron chi connectivity index (χ2n) is 3.68. The van der Waals surface area contributed by atoms with Crippen molar-refractivity contribution in [3.8, 4) is 5.88 Å². The van der Waals surface area contributed by atoms with Gasteiger partial charge in [0.15, 0.2) is 0 Å². The molecule has 1 aromatic rings. The van der Waals surface area contributed by atoms with Crippen LogP contribution in [0.4, 0.5) is 0 Å². The SMILES string of the molecule is CCOc1nc(C(C)C)ncc1CNC. The van der Waals surface area contributed by atoms with E-state index in [1.807, 2.05) is 20.2 Å². The molecule has 15 heavy (non-hydrogen) atoms. The standard InChI is InChI=1S/C11H19N3O/c1-5-15-11-9(6-12-4)7-13-10(14-11)8(2)3/h7-8,12H,5-6H2,1-4H3. The van der Waals surface area contributed by atoms with Crippen LogP contribution in [0, 0.1) is 0 Å². The third-order valence-electron chi connectivity index (χ3n) is 2.01. The van der Waals surface area contributed by atoms with Crippen LogP contribution in [0.2, 0.25) is 0 Å². The predicted octanol–water partition coefficient (Wildman–Crippen LogP) is 1.72. The monoisotopic (exact) mass is 209 g/mol. The molecule has 0 fully saturated rings. The molecule has 0 saturated heterocycles. The van der Waals surface area contributed by atoms with Crippen LogP contribution in [0.15, 0.2) is 6.20 Å². The number of nitrogens with one attached hydrogen (secondary N) is 1. The topological polar surface area (TPSA) is 47.0 Å². The van der Waals surface area contributed by atoms with Crippen LogP contribution in [0.25, 0.3) is 0 Å². The average Bonchev–Trinajstić information content (AvgIpc) is 2.21. The molecule has 0 spiro atoms. The number of aromatic nitrogens is 2.